The van der Waals surface area contributed by atoms with Gasteiger partial charge in [-0.2, -0.15) is 5.10 Å². The van der Waals surface area contributed by atoms with E-state index in [9.17, 15) is 4.79 Å². The molecule has 3 N–H and O–H groups in total. The number of nitrogens with zero attached hydrogens (tertiary/aromatic N) is 2. The number of aryl methyl sites for hydroxylation is 1. The average Bonchev–Trinajstić information content (AvgIpc) is 3.16. The van der Waals surface area contributed by atoms with E-state index in [4.69, 9.17) is 11.1 Å². The normalized spacial score (nSPS) is 10.5. The molecule has 3 rings (SSSR count). The van der Waals surface area contributed by atoms with Crippen molar-refractivity contribution in [1.29, 1.82) is 5.41 Å². The van der Waals surface area contributed by atoms with Gasteiger partial charge in [0.1, 0.15) is 5.84 Å². The predicted molar refractivity (Wildman–Crippen MR) is 100 cm³/mol. The fourth-order valence-electron chi connectivity index (χ4n) is 2.61. The van der Waals surface area contributed by atoms with Gasteiger partial charge in [0.15, 0.2) is 0 Å². The van der Waals surface area contributed by atoms with Crippen molar-refractivity contribution in [2.75, 3.05) is 7.11 Å². The second-order valence-electron chi connectivity index (χ2n) is 5.88. The first kappa shape index (κ1) is 17.4. The van der Waals surface area contributed by atoms with Crippen LogP contribution in [0.1, 0.15) is 17.5 Å². The Kier molecular flexibility index (Phi) is 5.12. The van der Waals surface area contributed by atoms with E-state index in [2.05, 4.69) is 9.84 Å². The molecule has 0 aliphatic heterocycles. The maximum Gasteiger partial charge on any atom is 0.305 e. The van der Waals surface area contributed by atoms with Crippen molar-refractivity contribution in [2.45, 2.75) is 12.8 Å². The number of hydrogen-bond donors (Lipinski definition) is 2. The molecule has 132 valence electrons. The molecule has 0 saturated heterocycles. The molecule has 6 heteroatoms. The highest BCUT2D eigenvalue weighted by molar-refractivity contribution is 5.95. The van der Waals surface area contributed by atoms with Crippen molar-refractivity contribution in [3.8, 4) is 16.9 Å². The van der Waals surface area contributed by atoms with Crippen LogP contribution in [0.5, 0.6) is 0 Å². The van der Waals surface area contributed by atoms with Gasteiger partial charge in [-0.05, 0) is 42.3 Å². The highest BCUT2D eigenvalue weighted by Gasteiger charge is 2.06. The summed E-state index contributed by atoms with van der Waals surface area (Å²) in [5.41, 5.74) is 10.0. The molecule has 0 spiro atoms. The highest BCUT2D eigenvalue weighted by Crippen LogP contribution is 2.20. The van der Waals surface area contributed by atoms with Gasteiger partial charge in [0.05, 0.1) is 18.5 Å². The molecular weight excluding hydrogens is 328 g/mol. The van der Waals surface area contributed by atoms with Crippen LogP contribution in [0.25, 0.3) is 16.9 Å². The number of rotatable bonds is 6. The molecule has 0 fully saturated rings. The first-order valence-electron chi connectivity index (χ1n) is 8.23. The Hall–Kier alpha value is -3.41. The summed E-state index contributed by atoms with van der Waals surface area (Å²) >= 11 is 0. The van der Waals surface area contributed by atoms with E-state index in [1.165, 1.54) is 7.11 Å². The molecule has 2 aromatic carbocycles. The van der Waals surface area contributed by atoms with Gasteiger partial charge in [-0.1, -0.05) is 24.3 Å². The molecule has 0 atom stereocenters. The van der Waals surface area contributed by atoms with Crippen LogP contribution in [0.2, 0.25) is 0 Å². The van der Waals surface area contributed by atoms with Crippen molar-refractivity contribution in [3.63, 3.8) is 0 Å². The Morgan fingerprint density at radius 2 is 1.81 bits per heavy atom. The lowest BCUT2D eigenvalue weighted by Gasteiger charge is -2.04. The van der Waals surface area contributed by atoms with Gasteiger partial charge in [-0.15, -0.1) is 0 Å². The number of ether oxygens (including phenoxy) is 1. The van der Waals surface area contributed by atoms with Crippen LogP contribution in [0.4, 0.5) is 0 Å². The zero-order valence-electron chi connectivity index (χ0n) is 14.5. The number of nitrogens with two attached hydrogens (primary N) is 1. The summed E-state index contributed by atoms with van der Waals surface area (Å²) in [4.78, 5) is 11.2. The van der Waals surface area contributed by atoms with Crippen molar-refractivity contribution >= 4 is 11.8 Å². The number of aromatic nitrogens is 2. The van der Waals surface area contributed by atoms with Crippen LogP contribution in [-0.4, -0.2) is 28.7 Å². The number of carbonyl (C=O) groups excluding carboxylic acids is 1. The fourth-order valence-corrected chi connectivity index (χ4v) is 2.61. The number of nitrogen functional groups attached to an aromatic ring is 1. The molecule has 0 aliphatic carbocycles. The molecule has 0 radical (unpaired) electrons. The van der Waals surface area contributed by atoms with Gasteiger partial charge in [0, 0.05) is 23.7 Å². The topological polar surface area (TPSA) is 94.0 Å². The fraction of sp³-hybridized carbons (Fsp3) is 0.150. The summed E-state index contributed by atoms with van der Waals surface area (Å²) in [7, 11) is 1.40. The Bertz CT molecular complexity index is 912. The summed E-state index contributed by atoms with van der Waals surface area (Å²) in [6.45, 7) is 0. The van der Waals surface area contributed by atoms with Crippen molar-refractivity contribution < 1.29 is 9.53 Å². The number of amidine groups is 1. The number of hydrogen-bond acceptors (Lipinski definition) is 4. The summed E-state index contributed by atoms with van der Waals surface area (Å²) in [6.07, 6.45) is 2.92. The summed E-state index contributed by atoms with van der Waals surface area (Å²) in [5.74, 6) is -0.159. The minimum absolute atomic E-state index is 0.0463. The second-order valence-corrected chi connectivity index (χ2v) is 5.88. The van der Waals surface area contributed by atoms with E-state index in [-0.39, 0.29) is 11.8 Å². The molecule has 0 aliphatic rings. The van der Waals surface area contributed by atoms with Crippen molar-refractivity contribution in [1.82, 2.24) is 9.78 Å². The van der Waals surface area contributed by atoms with E-state index in [0.29, 0.717) is 18.4 Å². The SMILES string of the molecule is COC(=O)CCc1ccc(-c2ccn(-c3ccc(C(=N)N)cc3)n2)cc1. The molecule has 0 saturated carbocycles. The molecule has 3 aromatic rings. The first-order valence-corrected chi connectivity index (χ1v) is 8.23. The summed E-state index contributed by atoms with van der Waals surface area (Å²) < 4.78 is 6.44. The Balaban J connectivity index is 1.73. The quantitative estimate of drug-likeness (QED) is 0.407. The van der Waals surface area contributed by atoms with Gasteiger partial charge < -0.3 is 10.5 Å². The summed E-state index contributed by atoms with van der Waals surface area (Å²) in [6, 6.07) is 17.3. The monoisotopic (exact) mass is 348 g/mol. The third-order valence-corrected chi connectivity index (χ3v) is 4.13. The highest BCUT2D eigenvalue weighted by atomic mass is 16.5. The van der Waals surface area contributed by atoms with Gasteiger partial charge in [-0.25, -0.2) is 4.68 Å². The Morgan fingerprint density at radius 1 is 1.12 bits per heavy atom. The number of esters is 1. The maximum absolute atomic E-state index is 11.2. The molecule has 6 nitrogen and oxygen atoms in total. The molecule has 0 bridgehead atoms. The lowest BCUT2D eigenvalue weighted by molar-refractivity contribution is -0.140. The zero-order chi connectivity index (χ0) is 18.5. The van der Waals surface area contributed by atoms with Crippen LogP contribution in [0, 0.1) is 5.41 Å². The summed E-state index contributed by atoms with van der Waals surface area (Å²) in [5, 5.41) is 12.0. The predicted octanol–water partition coefficient (Wildman–Crippen LogP) is 2.93. The van der Waals surface area contributed by atoms with Crippen molar-refractivity contribution in [2.24, 2.45) is 5.73 Å². The minimum Gasteiger partial charge on any atom is -0.469 e. The van der Waals surface area contributed by atoms with E-state index in [1.807, 2.05) is 48.7 Å². The molecular formula is C20H20N4O2. The van der Waals surface area contributed by atoms with Gasteiger partial charge >= 0.3 is 5.97 Å². The van der Waals surface area contributed by atoms with Crippen LogP contribution >= 0.6 is 0 Å². The third kappa shape index (κ3) is 3.97. The Labute approximate surface area is 151 Å². The van der Waals surface area contributed by atoms with Gasteiger partial charge in [-0.3, -0.25) is 10.2 Å². The smallest absolute Gasteiger partial charge is 0.305 e. The molecule has 1 heterocycles. The standard InChI is InChI=1S/C20H20N4O2/c1-26-19(25)11-4-14-2-5-15(6-3-14)18-12-13-24(23-18)17-9-7-16(8-10-17)20(21)22/h2-3,5-10,12-13H,4,11H2,1H3,(H3,21,22). The van der Waals surface area contributed by atoms with Crippen LogP contribution in [-0.2, 0) is 16.0 Å². The first-order chi connectivity index (χ1) is 12.6. The number of benzene rings is 2. The van der Waals surface area contributed by atoms with E-state index >= 15 is 0 Å². The van der Waals surface area contributed by atoms with Crippen LogP contribution in [0.3, 0.4) is 0 Å². The molecule has 0 unspecified atom stereocenters. The number of nitrogens with one attached hydrogen (secondary N) is 1. The second kappa shape index (κ2) is 7.65. The lowest BCUT2D eigenvalue weighted by Crippen LogP contribution is -2.10. The third-order valence-electron chi connectivity index (χ3n) is 4.13. The van der Waals surface area contributed by atoms with Gasteiger partial charge in [0.25, 0.3) is 0 Å². The molecule has 0 amide bonds. The van der Waals surface area contributed by atoms with E-state index in [1.54, 1.807) is 16.8 Å². The minimum atomic E-state index is -0.205. The van der Waals surface area contributed by atoms with E-state index in [0.717, 1.165) is 22.5 Å². The average molecular weight is 348 g/mol. The van der Waals surface area contributed by atoms with Gasteiger partial charge in [0.2, 0.25) is 0 Å². The maximum atomic E-state index is 11.2. The number of carbonyl (C=O) groups is 1. The van der Waals surface area contributed by atoms with Crippen molar-refractivity contribution in [3.05, 3.63) is 71.9 Å². The number of methoxy groups -OCH3 is 1. The molecule has 26 heavy (non-hydrogen) atoms. The van der Waals surface area contributed by atoms with Crippen LogP contribution in [0.15, 0.2) is 60.8 Å². The molecule has 1 aromatic heterocycles. The lowest BCUT2D eigenvalue weighted by atomic mass is 10.1. The van der Waals surface area contributed by atoms with Crippen LogP contribution < -0.4 is 5.73 Å². The Morgan fingerprint density at radius 3 is 2.42 bits per heavy atom. The largest absolute Gasteiger partial charge is 0.469 e. The van der Waals surface area contributed by atoms with E-state index < -0.39 is 0 Å². The zero-order valence-corrected chi connectivity index (χ0v) is 14.5.